The van der Waals surface area contributed by atoms with Crippen molar-refractivity contribution in [1.82, 2.24) is 10.2 Å². The van der Waals surface area contributed by atoms with E-state index in [-0.39, 0.29) is 18.5 Å². The fraction of sp³-hybridized carbons (Fsp3) is 0.391. The van der Waals surface area contributed by atoms with Crippen molar-refractivity contribution in [2.45, 2.75) is 45.8 Å². The highest BCUT2D eigenvalue weighted by Gasteiger charge is 2.32. The minimum absolute atomic E-state index is 0.0562. The molecule has 0 aliphatic rings. The number of anilines is 1. The number of carbonyl (C=O) groups excluding carboxylic acids is 2. The molecule has 2 aromatic carbocycles. The molecule has 7 nitrogen and oxygen atoms in total. The van der Waals surface area contributed by atoms with Crippen LogP contribution in [-0.4, -0.2) is 50.0 Å². The molecule has 2 aromatic rings. The molecule has 0 spiro atoms. The van der Waals surface area contributed by atoms with Crippen molar-refractivity contribution in [1.29, 1.82) is 0 Å². The fourth-order valence-corrected chi connectivity index (χ4v) is 5.01. The zero-order chi connectivity index (χ0) is 25.6. The van der Waals surface area contributed by atoms with Gasteiger partial charge in [0.25, 0.3) is 0 Å². The van der Waals surface area contributed by atoms with Gasteiger partial charge in [-0.3, -0.25) is 13.9 Å². The minimum Gasteiger partial charge on any atom is -0.352 e. The van der Waals surface area contributed by atoms with Gasteiger partial charge in [0, 0.05) is 32.7 Å². The number of benzene rings is 2. The maximum absolute atomic E-state index is 13.6. The fourth-order valence-electron chi connectivity index (χ4n) is 3.37. The van der Waals surface area contributed by atoms with E-state index < -0.39 is 28.5 Å². The number of carbonyl (C=O) groups is 2. The summed E-state index contributed by atoms with van der Waals surface area (Å²) in [7, 11) is -3.80. The third-order valence-electron chi connectivity index (χ3n) is 5.00. The Hall–Kier alpha value is -1.81. The van der Waals surface area contributed by atoms with Gasteiger partial charge in [0.1, 0.15) is 12.6 Å². The molecule has 2 amide bonds. The standard InChI is InChI=1S/C23H28BrCl2N3O4S/c1-5-21(23(31)27-15(2)3)28(13-18-19(25)7-6-8-20(18)26)22(30)14-29(34(4,32)33)17-11-9-16(24)10-12-17/h6-12,15,21H,5,13-14H2,1-4H3,(H,27,31)/t21-/m1/s1. The van der Waals surface area contributed by atoms with Gasteiger partial charge in [-0.2, -0.15) is 0 Å². The van der Waals surface area contributed by atoms with Gasteiger partial charge in [-0.05, 0) is 56.7 Å². The van der Waals surface area contributed by atoms with Crippen LogP contribution in [0.4, 0.5) is 5.69 Å². The summed E-state index contributed by atoms with van der Waals surface area (Å²) in [5, 5.41) is 3.52. The Balaban J connectivity index is 2.49. The Morgan fingerprint density at radius 2 is 1.62 bits per heavy atom. The summed E-state index contributed by atoms with van der Waals surface area (Å²) in [4.78, 5) is 27.9. The lowest BCUT2D eigenvalue weighted by molar-refractivity contribution is -0.140. The van der Waals surface area contributed by atoms with Crippen LogP contribution in [0.1, 0.15) is 32.8 Å². The van der Waals surface area contributed by atoms with Crippen LogP contribution in [-0.2, 0) is 26.2 Å². The molecule has 1 N–H and O–H groups in total. The molecule has 11 heteroatoms. The third-order valence-corrected chi connectivity index (χ3v) is 7.38. The van der Waals surface area contributed by atoms with Gasteiger partial charge in [0.05, 0.1) is 11.9 Å². The van der Waals surface area contributed by atoms with Gasteiger partial charge in [-0.25, -0.2) is 8.42 Å². The van der Waals surface area contributed by atoms with E-state index in [2.05, 4.69) is 21.2 Å². The van der Waals surface area contributed by atoms with E-state index in [1.54, 1.807) is 49.4 Å². The predicted molar refractivity (Wildman–Crippen MR) is 141 cm³/mol. The van der Waals surface area contributed by atoms with Gasteiger partial charge in [-0.1, -0.05) is 52.1 Å². The first-order chi connectivity index (χ1) is 15.8. The van der Waals surface area contributed by atoms with Gasteiger partial charge in [0.15, 0.2) is 0 Å². The summed E-state index contributed by atoms with van der Waals surface area (Å²) in [6.45, 7) is 4.87. The van der Waals surface area contributed by atoms with Crippen LogP contribution in [0, 0.1) is 0 Å². The first kappa shape index (κ1) is 28.4. The van der Waals surface area contributed by atoms with Crippen LogP contribution in [0.2, 0.25) is 10.0 Å². The molecule has 0 aromatic heterocycles. The molecular formula is C23H28BrCl2N3O4S. The normalized spacial score (nSPS) is 12.4. The number of halogens is 3. The van der Waals surface area contributed by atoms with Gasteiger partial charge < -0.3 is 10.2 Å². The van der Waals surface area contributed by atoms with Gasteiger partial charge in [-0.15, -0.1) is 0 Å². The molecular weight excluding hydrogens is 565 g/mol. The number of nitrogens with one attached hydrogen (secondary N) is 1. The summed E-state index contributed by atoms with van der Waals surface area (Å²) < 4.78 is 26.9. The molecule has 0 heterocycles. The summed E-state index contributed by atoms with van der Waals surface area (Å²) in [6, 6.07) is 10.5. The third kappa shape index (κ3) is 7.60. The van der Waals surface area contributed by atoms with Crippen LogP contribution in [0.15, 0.2) is 46.9 Å². The van der Waals surface area contributed by atoms with E-state index in [0.717, 1.165) is 15.0 Å². The quantitative estimate of drug-likeness (QED) is 0.427. The Kier molecular flexibility index (Phi) is 10.2. The van der Waals surface area contributed by atoms with Crippen molar-refractivity contribution < 1.29 is 18.0 Å². The van der Waals surface area contributed by atoms with Crippen LogP contribution in [0.3, 0.4) is 0 Å². The molecule has 0 aliphatic carbocycles. The maximum Gasteiger partial charge on any atom is 0.244 e. The van der Waals surface area contributed by atoms with Crippen LogP contribution in [0.25, 0.3) is 0 Å². The molecule has 0 aliphatic heterocycles. The van der Waals surface area contributed by atoms with E-state index in [0.29, 0.717) is 27.7 Å². The predicted octanol–water partition coefficient (Wildman–Crippen LogP) is 4.85. The van der Waals surface area contributed by atoms with E-state index in [1.807, 2.05) is 13.8 Å². The average molecular weight is 593 g/mol. The Bertz CT molecular complexity index is 1110. The summed E-state index contributed by atoms with van der Waals surface area (Å²) in [6.07, 6.45) is 1.34. The van der Waals surface area contributed by atoms with Gasteiger partial charge >= 0.3 is 0 Å². The van der Waals surface area contributed by atoms with E-state index >= 15 is 0 Å². The van der Waals surface area contributed by atoms with Crippen molar-refractivity contribution in [2.24, 2.45) is 0 Å². The smallest absolute Gasteiger partial charge is 0.244 e. The number of nitrogens with zero attached hydrogens (tertiary/aromatic N) is 2. The monoisotopic (exact) mass is 591 g/mol. The van der Waals surface area contributed by atoms with E-state index in [1.165, 1.54) is 4.90 Å². The largest absolute Gasteiger partial charge is 0.352 e. The highest BCUT2D eigenvalue weighted by Crippen LogP contribution is 2.28. The van der Waals surface area contributed by atoms with E-state index in [4.69, 9.17) is 23.2 Å². The van der Waals surface area contributed by atoms with Crippen molar-refractivity contribution in [3.8, 4) is 0 Å². The summed E-state index contributed by atoms with van der Waals surface area (Å²) >= 11 is 16.0. The molecule has 0 fully saturated rings. The highest BCUT2D eigenvalue weighted by molar-refractivity contribution is 9.10. The highest BCUT2D eigenvalue weighted by atomic mass is 79.9. The number of hydrogen-bond donors (Lipinski definition) is 1. The molecule has 0 saturated heterocycles. The van der Waals surface area contributed by atoms with Crippen LogP contribution in [0.5, 0.6) is 0 Å². The number of rotatable bonds is 10. The molecule has 0 saturated carbocycles. The Morgan fingerprint density at radius 1 is 1.06 bits per heavy atom. The second-order valence-electron chi connectivity index (χ2n) is 8.06. The van der Waals surface area contributed by atoms with Gasteiger partial charge in [0.2, 0.25) is 21.8 Å². The SMILES string of the molecule is CC[C@H](C(=O)NC(C)C)N(Cc1c(Cl)cccc1Cl)C(=O)CN(c1ccc(Br)cc1)S(C)(=O)=O. The number of amides is 2. The number of hydrogen-bond acceptors (Lipinski definition) is 4. The lowest BCUT2D eigenvalue weighted by atomic mass is 10.1. The number of sulfonamides is 1. The van der Waals surface area contributed by atoms with Crippen LogP contribution < -0.4 is 9.62 Å². The average Bonchev–Trinajstić information content (AvgIpc) is 2.73. The molecule has 0 bridgehead atoms. The first-order valence-electron chi connectivity index (χ1n) is 10.6. The van der Waals surface area contributed by atoms with Crippen molar-refractivity contribution >= 4 is 66.7 Å². The van der Waals surface area contributed by atoms with Crippen molar-refractivity contribution in [2.75, 3.05) is 17.1 Å². The Labute approximate surface area is 219 Å². The summed E-state index contributed by atoms with van der Waals surface area (Å²) in [5.74, 6) is -0.904. The molecule has 34 heavy (non-hydrogen) atoms. The molecule has 0 radical (unpaired) electrons. The van der Waals surface area contributed by atoms with E-state index in [9.17, 15) is 18.0 Å². The second-order valence-corrected chi connectivity index (χ2v) is 11.7. The molecule has 0 unspecified atom stereocenters. The maximum atomic E-state index is 13.6. The summed E-state index contributed by atoms with van der Waals surface area (Å²) in [5.41, 5.74) is 0.805. The molecule has 1 atom stereocenters. The lowest BCUT2D eigenvalue weighted by Crippen LogP contribution is -2.53. The van der Waals surface area contributed by atoms with Crippen LogP contribution >= 0.6 is 39.1 Å². The van der Waals surface area contributed by atoms with Crippen molar-refractivity contribution in [3.05, 3.63) is 62.5 Å². The topological polar surface area (TPSA) is 86.8 Å². The van der Waals surface area contributed by atoms with Crippen molar-refractivity contribution in [3.63, 3.8) is 0 Å². The second kappa shape index (κ2) is 12.2. The first-order valence-corrected chi connectivity index (χ1v) is 14.0. The zero-order valence-electron chi connectivity index (χ0n) is 19.4. The molecule has 2 rings (SSSR count). The zero-order valence-corrected chi connectivity index (χ0v) is 23.3. The molecule has 186 valence electrons. The minimum atomic E-state index is -3.80. The lowest BCUT2D eigenvalue weighted by Gasteiger charge is -2.33. The Morgan fingerprint density at radius 3 is 2.09 bits per heavy atom.